The first kappa shape index (κ1) is 14.0. The molecule has 1 unspecified atom stereocenters. The lowest BCUT2D eigenvalue weighted by Gasteiger charge is -2.14. The minimum Gasteiger partial charge on any atom is -0.207 e. The average Bonchev–Trinajstić information content (AvgIpc) is 2.36. The summed E-state index contributed by atoms with van der Waals surface area (Å²) in [5, 5.41) is -0.612. The summed E-state index contributed by atoms with van der Waals surface area (Å²) >= 11 is 6.32. The Balaban J connectivity index is 2.46. The van der Waals surface area contributed by atoms with Crippen LogP contribution in [0.1, 0.15) is 33.2 Å². The minimum absolute atomic E-state index is 0.309. The van der Waals surface area contributed by atoms with Gasteiger partial charge >= 0.3 is 0 Å². The summed E-state index contributed by atoms with van der Waals surface area (Å²) < 4.78 is 27.1. The highest BCUT2D eigenvalue weighted by Crippen LogP contribution is 2.32. The van der Waals surface area contributed by atoms with Crippen molar-refractivity contribution in [1.82, 2.24) is 0 Å². The molecule has 2 rings (SSSR count). The number of hydrogen-bond donors (Lipinski definition) is 0. The summed E-state index contributed by atoms with van der Waals surface area (Å²) in [5.41, 5.74) is 3.77. The molecule has 19 heavy (non-hydrogen) atoms. The number of alkyl halides is 1. The Morgan fingerprint density at radius 3 is 2.16 bits per heavy atom. The fourth-order valence-corrected chi connectivity index (χ4v) is 2.28. The first-order chi connectivity index (χ1) is 8.90. The average molecular weight is 281 g/mol. The van der Waals surface area contributed by atoms with E-state index in [1.165, 1.54) is 6.07 Å². The molecule has 0 amide bonds. The monoisotopic (exact) mass is 280 g/mol. The van der Waals surface area contributed by atoms with Crippen LogP contribution >= 0.6 is 11.6 Å². The first-order valence-corrected chi connectivity index (χ1v) is 6.50. The molecule has 0 spiro atoms. The van der Waals surface area contributed by atoms with Crippen LogP contribution in [0, 0.1) is 32.4 Å². The van der Waals surface area contributed by atoms with Crippen molar-refractivity contribution in [3.05, 3.63) is 69.8 Å². The zero-order valence-corrected chi connectivity index (χ0v) is 11.9. The molecule has 100 valence electrons. The third-order valence-corrected chi connectivity index (χ3v) is 3.86. The van der Waals surface area contributed by atoms with Crippen molar-refractivity contribution < 1.29 is 8.78 Å². The maximum Gasteiger partial charge on any atom is 0.131 e. The molecule has 0 aliphatic carbocycles. The van der Waals surface area contributed by atoms with Crippen molar-refractivity contribution in [1.29, 1.82) is 0 Å². The van der Waals surface area contributed by atoms with Gasteiger partial charge in [-0.05, 0) is 49.1 Å². The van der Waals surface area contributed by atoms with E-state index in [1.54, 1.807) is 6.92 Å². The van der Waals surface area contributed by atoms with Gasteiger partial charge in [-0.15, -0.1) is 11.6 Å². The largest absolute Gasteiger partial charge is 0.207 e. The molecular weight excluding hydrogens is 266 g/mol. The molecule has 3 heteroatoms. The fraction of sp³-hybridized carbons (Fsp3) is 0.250. The number of aryl methyl sites for hydroxylation is 3. The molecule has 0 heterocycles. The molecule has 2 aromatic carbocycles. The van der Waals surface area contributed by atoms with E-state index in [4.69, 9.17) is 11.6 Å². The van der Waals surface area contributed by atoms with Crippen molar-refractivity contribution in [2.45, 2.75) is 26.1 Å². The molecule has 0 saturated carbocycles. The van der Waals surface area contributed by atoms with E-state index in [2.05, 4.69) is 0 Å². The van der Waals surface area contributed by atoms with E-state index < -0.39 is 17.0 Å². The van der Waals surface area contributed by atoms with E-state index in [0.29, 0.717) is 11.1 Å². The Hall–Kier alpha value is -1.41. The van der Waals surface area contributed by atoms with Gasteiger partial charge in [-0.3, -0.25) is 0 Å². The zero-order valence-electron chi connectivity index (χ0n) is 11.1. The van der Waals surface area contributed by atoms with Crippen LogP contribution in [-0.4, -0.2) is 0 Å². The molecule has 0 saturated heterocycles. The second-order valence-electron chi connectivity index (χ2n) is 4.83. The Kier molecular flexibility index (Phi) is 3.91. The molecule has 0 bridgehead atoms. The Morgan fingerprint density at radius 2 is 1.53 bits per heavy atom. The molecule has 1 atom stereocenters. The zero-order chi connectivity index (χ0) is 14.2. The summed E-state index contributed by atoms with van der Waals surface area (Å²) in [5.74, 6) is -1.16. The van der Waals surface area contributed by atoms with Crippen LogP contribution in [0.5, 0.6) is 0 Å². The molecule has 2 aromatic rings. The minimum atomic E-state index is -0.612. The van der Waals surface area contributed by atoms with Crippen molar-refractivity contribution in [2.75, 3.05) is 0 Å². The van der Waals surface area contributed by atoms with Gasteiger partial charge in [0.2, 0.25) is 0 Å². The van der Waals surface area contributed by atoms with E-state index in [1.807, 2.05) is 32.0 Å². The van der Waals surface area contributed by atoms with Crippen molar-refractivity contribution >= 4 is 11.6 Å². The van der Waals surface area contributed by atoms with E-state index in [0.717, 1.165) is 22.8 Å². The first-order valence-electron chi connectivity index (χ1n) is 6.07. The maximum atomic E-state index is 13.8. The highest BCUT2D eigenvalue weighted by molar-refractivity contribution is 6.22. The van der Waals surface area contributed by atoms with Crippen LogP contribution < -0.4 is 0 Å². The van der Waals surface area contributed by atoms with Gasteiger partial charge in [-0.25, -0.2) is 8.78 Å². The fourth-order valence-electron chi connectivity index (χ4n) is 1.98. The second kappa shape index (κ2) is 5.30. The molecule has 0 N–H and O–H groups in total. The Bertz CT molecular complexity index is 620. The van der Waals surface area contributed by atoms with Crippen LogP contribution in [0.2, 0.25) is 0 Å². The van der Waals surface area contributed by atoms with Gasteiger partial charge in [0, 0.05) is 11.6 Å². The lowest BCUT2D eigenvalue weighted by molar-refractivity contribution is 0.568. The van der Waals surface area contributed by atoms with Crippen molar-refractivity contribution in [3.8, 4) is 0 Å². The van der Waals surface area contributed by atoms with E-state index in [9.17, 15) is 8.78 Å². The topological polar surface area (TPSA) is 0 Å². The highest BCUT2D eigenvalue weighted by Gasteiger charge is 2.17. The number of rotatable bonds is 2. The predicted molar refractivity (Wildman–Crippen MR) is 74.7 cm³/mol. The second-order valence-corrected chi connectivity index (χ2v) is 5.27. The molecule has 0 radical (unpaired) electrons. The molecule has 0 aliphatic rings. The summed E-state index contributed by atoms with van der Waals surface area (Å²) in [6.45, 7) is 5.59. The van der Waals surface area contributed by atoms with Gasteiger partial charge in [0.25, 0.3) is 0 Å². The van der Waals surface area contributed by atoms with E-state index >= 15 is 0 Å². The number of benzene rings is 2. The van der Waals surface area contributed by atoms with Crippen LogP contribution in [0.25, 0.3) is 0 Å². The standard InChI is InChI=1S/C16H15ClF2/c1-9-4-5-12(6-10(9)2)16(17)13-7-11(3)14(18)8-15(13)19/h4-8,16H,1-3H3. The van der Waals surface area contributed by atoms with Crippen LogP contribution in [0.15, 0.2) is 30.3 Å². The van der Waals surface area contributed by atoms with Gasteiger partial charge in [0.15, 0.2) is 0 Å². The van der Waals surface area contributed by atoms with Crippen LogP contribution in [0.4, 0.5) is 8.78 Å². The number of halogens is 3. The highest BCUT2D eigenvalue weighted by atomic mass is 35.5. The van der Waals surface area contributed by atoms with Gasteiger partial charge in [-0.2, -0.15) is 0 Å². The van der Waals surface area contributed by atoms with Gasteiger partial charge in [-0.1, -0.05) is 18.2 Å². The predicted octanol–water partition coefficient (Wildman–Crippen LogP) is 5.22. The summed E-state index contributed by atoms with van der Waals surface area (Å²) in [4.78, 5) is 0. The number of hydrogen-bond acceptors (Lipinski definition) is 0. The molecule has 0 aliphatic heterocycles. The smallest absolute Gasteiger partial charge is 0.131 e. The van der Waals surface area contributed by atoms with Crippen LogP contribution in [0.3, 0.4) is 0 Å². The van der Waals surface area contributed by atoms with E-state index in [-0.39, 0.29) is 0 Å². The quantitative estimate of drug-likeness (QED) is 0.662. The maximum absolute atomic E-state index is 13.8. The van der Waals surface area contributed by atoms with Crippen molar-refractivity contribution in [3.63, 3.8) is 0 Å². The Morgan fingerprint density at radius 1 is 0.842 bits per heavy atom. The molecule has 0 nitrogen and oxygen atoms in total. The third kappa shape index (κ3) is 2.79. The summed E-state index contributed by atoms with van der Waals surface area (Å²) in [6, 6.07) is 8.12. The lowest BCUT2D eigenvalue weighted by Crippen LogP contribution is -2.00. The van der Waals surface area contributed by atoms with Crippen LogP contribution in [-0.2, 0) is 0 Å². The summed E-state index contributed by atoms with van der Waals surface area (Å²) in [6.07, 6.45) is 0. The SMILES string of the molecule is Cc1ccc(C(Cl)c2cc(C)c(F)cc2F)cc1C. The molecule has 0 fully saturated rings. The van der Waals surface area contributed by atoms with Gasteiger partial charge < -0.3 is 0 Å². The lowest BCUT2D eigenvalue weighted by atomic mass is 9.98. The van der Waals surface area contributed by atoms with Crippen molar-refractivity contribution in [2.24, 2.45) is 0 Å². The normalized spacial score (nSPS) is 12.5. The summed E-state index contributed by atoms with van der Waals surface area (Å²) in [7, 11) is 0. The third-order valence-electron chi connectivity index (χ3n) is 3.37. The molecule has 0 aromatic heterocycles. The Labute approximate surface area is 117 Å². The van der Waals surface area contributed by atoms with Gasteiger partial charge in [0.05, 0.1) is 5.38 Å². The van der Waals surface area contributed by atoms with Gasteiger partial charge in [0.1, 0.15) is 11.6 Å². The molecular formula is C16H15ClF2.